The quantitative estimate of drug-likeness (QED) is 0.776. The van der Waals surface area contributed by atoms with Crippen LogP contribution < -0.4 is 9.46 Å². The number of benzene rings is 2. The summed E-state index contributed by atoms with van der Waals surface area (Å²) in [5.74, 6) is 0.732. The molecule has 6 heteroatoms. The molecule has 0 spiro atoms. The fourth-order valence-electron chi connectivity index (χ4n) is 2.07. The lowest BCUT2D eigenvalue weighted by Gasteiger charge is -2.22. The monoisotopic (exact) mass is 383 g/mol. The summed E-state index contributed by atoms with van der Waals surface area (Å²) in [6, 6.07) is 15.3. The highest BCUT2D eigenvalue weighted by molar-refractivity contribution is 9.09. The molecule has 0 aliphatic rings. The van der Waals surface area contributed by atoms with Crippen molar-refractivity contribution in [3.63, 3.8) is 0 Å². The Morgan fingerprint density at radius 2 is 1.64 bits per heavy atom. The molecule has 22 heavy (non-hydrogen) atoms. The average molecular weight is 384 g/mol. The van der Waals surface area contributed by atoms with Crippen LogP contribution in [0.5, 0.6) is 5.75 Å². The van der Waals surface area contributed by atoms with Gasteiger partial charge in [0.25, 0.3) is 0 Å². The van der Waals surface area contributed by atoms with E-state index in [1.54, 1.807) is 37.4 Å². The predicted octanol–water partition coefficient (Wildman–Crippen LogP) is 3.50. The van der Waals surface area contributed by atoms with Crippen LogP contribution in [0.2, 0.25) is 0 Å². The Kier molecular flexibility index (Phi) is 5.61. The Morgan fingerprint density at radius 3 is 2.14 bits per heavy atom. The second-order valence-electron chi connectivity index (χ2n) is 4.86. The van der Waals surface area contributed by atoms with Crippen molar-refractivity contribution in [1.82, 2.24) is 4.72 Å². The van der Waals surface area contributed by atoms with E-state index >= 15 is 0 Å². The summed E-state index contributed by atoms with van der Waals surface area (Å²) in [4.78, 5) is 0.182. The van der Waals surface area contributed by atoms with E-state index in [4.69, 9.17) is 4.74 Å². The van der Waals surface area contributed by atoms with Crippen molar-refractivity contribution in [3.05, 3.63) is 60.2 Å². The third-order valence-electron chi connectivity index (χ3n) is 3.27. The molecule has 0 fully saturated rings. The van der Waals surface area contributed by atoms with E-state index < -0.39 is 10.0 Å². The minimum absolute atomic E-state index is 0.0700. The van der Waals surface area contributed by atoms with Crippen LogP contribution in [0.25, 0.3) is 0 Å². The van der Waals surface area contributed by atoms with Gasteiger partial charge in [-0.15, -0.1) is 0 Å². The molecule has 118 valence electrons. The topological polar surface area (TPSA) is 55.4 Å². The SMILES string of the molecule is COc1ccc(C(NS(=O)(=O)c2ccccc2)C(C)Br)cc1. The average Bonchev–Trinajstić information content (AvgIpc) is 2.53. The molecule has 0 aliphatic heterocycles. The van der Waals surface area contributed by atoms with Gasteiger partial charge in [0, 0.05) is 4.83 Å². The summed E-state index contributed by atoms with van der Waals surface area (Å²) in [5, 5.41) is 0. The summed E-state index contributed by atoms with van der Waals surface area (Å²) >= 11 is 3.48. The van der Waals surface area contributed by atoms with E-state index in [1.165, 1.54) is 0 Å². The first-order chi connectivity index (χ1) is 10.4. The maximum absolute atomic E-state index is 12.5. The molecule has 0 heterocycles. The van der Waals surface area contributed by atoms with Crippen molar-refractivity contribution >= 4 is 26.0 Å². The zero-order chi connectivity index (χ0) is 16.2. The Hall–Kier alpha value is -1.37. The molecule has 0 saturated carbocycles. The third kappa shape index (κ3) is 4.09. The van der Waals surface area contributed by atoms with Gasteiger partial charge in [0.15, 0.2) is 0 Å². The highest BCUT2D eigenvalue weighted by atomic mass is 79.9. The Labute approximate surface area is 139 Å². The summed E-state index contributed by atoms with van der Waals surface area (Å²) in [6.45, 7) is 1.91. The van der Waals surface area contributed by atoms with Crippen LogP contribution in [0.3, 0.4) is 0 Å². The van der Waals surface area contributed by atoms with E-state index in [9.17, 15) is 8.42 Å². The zero-order valence-corrected chi connectivity index (χ0v) is 14.8. The number of nitrogens with one attached hydrogen (secondary N) is 1. The van der Waals surface area contributed by atoms with Gasteiger partial charge in [0.1, 0.15) is 5.75 Å². The standard InChI is InChI=1S/C16H18BrNO3S/c1-12(17)16(13-8-10-14(21-2)11-9-13)18-22(19,20)15-6-4-3-5-7-15/h3-12,16,18H,1-2H3. The van der Waals surface area contributed by atoms with Crippen LogP contribution in [0.4, 0.5) is 0 Å². The molecular formula is C16H18BrNO3S. The third-order valence-corrected chi connectivity index (χ3v) is 5.26. The summed E-state index contributed by atoms with van der Waals surface area (Å²) < 4.78 is 32.9. The number of hydrogen-bond acceptors (Lipinski definition) is 3. The molecule has 0 bridgehead atoms. The van der Waals surface area contributed by atoms with Gasteiger partial charge in [-0.1, -0.05) is 53.2 Å². The van der Waals surface area contributed by atoms with Crippen molar-refractivity contribution < 1.29 is 13.2 Å². The van der Waals surface area contributed by atoms with E-state index in [0.29, 0.717) is 0 Å². The number of hydrogen-bond donors (Lipinski definition) is 1. The number of alkyl halides is 1. The van der Waals surface area contributed by atoms with Gasteiger partial charge < -0.3 is 4.74 Å². The smallest absolute Gasteiger partial charge is 0.241 e. The van der Waals surface area contributed by atoms with Crippen LogP contribution >= 0.6 is 15.9 Å². The van der Waals surface area contributed by atoms with Crippen LogP contribution in [0.1, 0.15) is 18.5 Å². The normalized spacial score (nSPS) is 14.3. The van der Waals surface area contributed by atoms with E-state index in [0.717, 1.165) is 11.3 Å². The van der Waals surface area contributed by atoms with Gasteiger partial charge in [0.05, 0.1) is 18.0 Å². The first kappa shape index (κ1) is 17.0. The summed E-state index contributed by atoms with van der Waals surface area (Å²) in [5.41, 5.74) is 0.865. The fraction of sp³-hybridized carbons (Fsp3) is 0.250. The fourth-order valence-corrected chi connectivity index (χ4v) is 4.01. The Morgan fingerprint density at radius 1 is 1.05 bits per heavy atom. The molecule has 2 unspecified atom stereocenters. The van der Waals surface area contributed by atoms with E-state index in [2.05, 4.69) is 20.7 Å². The molecule has 4 nitrogen and oxygen atoms in total. The van der Waals surface area contributed by atoms with Gasteiger partial charge in [-0.2, -0.15) is 0 Å². The van der Waals surface area contributed by atoms with Gasteiger partial charge >= 0.3 is 0 Å². The van der Waals surface area contributed by atoms with Gasteiger partial charge in [-0.25, -0.2) is 13.1 Å². The second-order valence-corrected chi connectivity index (χ2v) is 8.02. The van der Waals surface area contributed by atoms with Crippen LogP contribution in [-0.2, 0) is 10.0 Å². The molecular weight excluding hydrogens is 366 g/mol. The van der Waals surface area contributed by atoms with Crippen molar-refractivity contribution in [2.75, 3.05) is 7.11 Å². The maximum atomic E-state index is 12.5. The highest BCUT2D eigenvalue weighted by Gasteiger charge is 2.24. The molecule has 2 aromatic rings. The minimum atomic E-state index is -3.58. The highest BCUT2D eigenvalue weighted by Crippen LogP contribution is 2.26. The number of methoxy groups -OCH3 is 1. The number of halogens is 1. The van der Waals surface area contributed by atoms with Gasteiger partial charge in [-0.05, 0) is 29.8 Å². The number of rotatable bonds is 6. The molecule has 0 saturated heterocycles. The van der Waals surface area contributed by atoms with Crippen molar-refractivity contribution in [3.8, 4) is 5.75 Å². The van der Waals surface area contributed by atoms with Crippen molar-refractivity contribution in [2.24, 2.45) is 0 Å². The molecule has 2 aromatic carbocycles. The molecule has 0 aliphatic carbocycles. The second kappa shape index (κ2) is 7.26. The van der Waals surface area contributed by atoms with Crippen molar-refractivity contribution in [2.45, 2.75) is 22.7 Å². The molecule has 2 rings (SSSR count). The predicted molar refractivity (Wildman–Crippen MR) is 90.9 cm³/mol. The number of sulfonamides is 1. The zero-order valence-electron chi connectivity index (χ0n) is 12.4. The molecule has 2 atom stereocenters. The Balaban J connectivity index is 2.29. The Bertz CT molecular complexity index is 700. The molecule has 0 amide bonds. The summed E-state index contributed by atoms with van der Waals surface area (Å²) in [7, 11) is -1.98. The molecule has 1 N–H and O–H groups in total. The van der Waals surface area contributed by atoms with Gasteiger partial charge in [-0.3, -0.25) is 0 Å². The van der Waals surface area contributed by atoms with Crippen LogP contribution in [0, 0.1) is 0 Å². The van der Waals surface area contributed by atoms with Crippen LogP contribution in [0.15, 0.2) is 59.5 Å². The van der Waals surface area contributed by atoms with E-state index in [-0.39, 0.29) is 15.8 Å². The minimum Gasteiger partial charge on any atom is -0.497 e. The largest absolute Gasteiger partial charge is 0.497 e. The molecule has 0 radical (unpaired) electrons. The molecule has 0 aromatic heterocycles. The lowest BCUT2D eigenvalue weighted by molar-refractivity contribution is 0.414. The lowest BCUT2D eigenvalue weighted by atomic mass is 10.1. The summed E-state index contributed by atoms with van der Waals surface area (Å²) in [6.07, 6.45) is 0. The van der Waals surface area contributed by atoms with Crippen LogP contribution in [-0.4, -0.2) is 20.4 Å². The lowest BCUT2D eigenvalue weighted by Crippen LogP contribution is -2.32. The first-order valence-corrected chi connectivity index (χ1v) is 9.19. The van der Waals surface area contributed by atoms with Crippen molar-refractivity contribution in [1.29, 1.82) is 0 Å². The maximum Gasteiger partial charge on any atom is 0.241 e. The first-order valence-electron chi connectivity index (χ1n) is 6.79. The number of ether oxygens (including phenoxy) is 1. The van der Waals surface area contributed by atoms with E-state index in [1.807, 2.05) is 31.2 Å². The van der Waals surface area contributed by atoms with Gasteiger partial charge in [0.2, 0.25) is 10.0 Å².